The van der Waals surface area contributed by atoms with Crippen LogP contribution in [-0.2, 0) is 7.05 Å². The zero-order chi connectivity index (χ0) is 18.5. The standard InChI is InChI=1S/C19H15F2N3O2/c1-24-12-15(18(23-24)14-8-10-22-11-9-14)4-7-17(25)13-2-5-16(6-3-13)26-19(20)21/h2-12,19H,1H3. The van der Waals surface area contributed by atoms with Gasteiger partial charge in [-0.3, -0.25) is 14.5 Å². The van der Waals surface area contributed by atoms with Gasteiger partial charge in [0.2, 0.25) is 0 Å². The van der Waals surface area contributed by atoms with E-state index in [1.165, 1.54) is 30.3 Å². The number of carbonyl (C=O) groups excluding carboxylic acids is 1. The highest BCUT2D eigenvalue weighted by Gasteiger charge is 2.09. The minimum atomic E-state index is -2.89. The van der Waals surface area contributed by atoms with E-state index in [2.05, 4.69) is 14.8 Å². The number of allylic oxidation sites excluding steroid dienone is 1. The first-order chi connectivity index (χ1) is 12.5. The number of pyridine rings is 1. The van der Waals surface area contributed by atoms with Crippen LogP contribution in [0.1, 0.15) is 15.9 Å². The number of halogens is 2. The number of aryl methyl sites for hydroxylation is 1. The lowest BCUT2D eigenvalue weighted by atomic mass is 10.1. The van der Waals surface area contributed by atoms with Crippen LogP contribution < -0.4 is 4.74 Å². The van der Waals surface area contributed by atoms with Crippen LogP contribution in [0.5, 0.6) is 5.75 Å². The minimum Gasteiger partial charge on any atom is -0.435 e. The fourth-order valence-electron chi connectivity index (χ4n) is 2.43. The van der Waals surface area contributed by atoms with E-state index >= 15 is 0 Å². The van der Waals surface area contributed by atoms with E-state index in [0.717, 1.165) is 16.8 Å². The Bertz CT molecular complexity index is 920. The topological polar surface area (TPSA) is 57.0 Å². The van der Waals surface area contributed by atoms with Crippen molar-refractivity contribution in [1.29, 1.82) is 0 Å². The normalized spacial score (nSPS) is 11.2. The van der Waals surface area contributed by atoms with E-state index in [1.807, 2.05) is 12.1 Å². The van der Waals surface area contributed by atoms with Gasteiger partial charge in [0.15, 0.2) is 5.78 Å². The van der Waals surface area contributed by atoms with Crippen LogP contribution in [0.3, 0.4) is 0 Å². The molecule has 2 aromatic heterocycles. The third kappa shape index (κ3) is 4.18. The molecule has 0 bridgehead atoms. The Morgan fingerprint density at radius 3 is 2.50 bits per heavy atom. The van der Waals surface area contributed by atoms with Gasteiger partial charge < -0.3 is 4.74 Å². The van der Waals surface area contributed by atoms with Crippen LogP contribution in [0, 0.1) is 0 Å². The second-order valence-corrected chi connectivity index (χ2v) is 5.44. The molecule has 2 heterocycles. The molecule has 3 aromatic rings. The molecule has 0 saturated heterocycles. The van der Waals surface area contributed by atoms with Crippen molar-refractivity contribution >= 4 is 11.9 Å². The third-order valence-electron chi connectivity index (χ3n) is 3.59. The van der Waals surface area contributed by atoms with Gasteiger partial charge in [-0.2, -0.15) is 13.9 Å². The average Bonchev–Trinajstić information content (AvgIpc) is 3.01. The number of benzene rings is 1. The van der Waals surface area contributed by atoms with Crippen molar-refractivity contribution in [2.45, 2.75) is 6.61 Å². The van der Waals surface area contributed by atoms with Crippen molar-refractivity contribution in [2.24, 2.45) is 7.05 Å². The predicted octanol–water partition coefficient (Wildman–Crippen LogP) is 3.98. The van der Waals surface area contributed by atoms with Gasteiger partial charge >= 0.3 is 6.61 Å². The van der Waals surface area contributed by atoms with Gasteiger partial charge in [0.1, 0.15) is 5.75 Å². The molecule has 0 fully saturated rings. The number of alkyl halides is 2. The van der Waals surface area contributed by atoms with Gasteiger partial charge in [0.25, 0.3) is 0 Å². The molecule has 0 aliphatic rings. The SMILES string of the molecule is Cn1cc(C=CC(=O)c2ccc(OC(F)F)cc2)c(-c2ccncc2)n1. The number of hydrogen-bond acceptors (Lipinski definition) is 4. The summed E-state index contributed by atoms with van der Waals surface area (Å²) in [4.78, 5) is 16.3. The summed E-state index contributed by atoms with van der Waals surface area (Å²) >= 11 is 0. The first-order valence-electron chi connectivity index (χ1n) is 7.74. The van der Waals surface area contributed by atoms with Crippen LogP contribution >= 0.6 is 0 Å². The molecule has 0 spiro atoms. The lowest BCUT2D eigenvalue weighted by Gasteiger charge is -2.04. The predicted molar refractivity (Wildman–Crippen MR) is 92.9 cm³/mol. The van der Waals surface area contributed by atoms with Crippen LogP contribution in [0.2, 0.25) is 0 Å². The van der Waals surface area contributed by atoms with E-state index < -0.39 is 6.61 Å². The monoisotopic (exact) mass is 355 g/mol. The van der Waals surface area contributed by atoms with Crippen molar-refractivity contribution in [3.8, 4) is 17.0 Å². The van der Waals surface area contributed by atoms with Crippen LogP contribution in [0.15, 0.2) is 61.1 Å². The largest absolute Gasteiger partial charge is 0.435 e. The van der Waals surface area contributed by atoms with Gasteiger partial charge in [-0.15, -0.1) is 0 Å². The molecule has 0 unspecified atom stereocenters. The molecule has 0 aliphatic carbocycles. The summed E-state index contributed by atoms with van der Waals surface area (Å²) in [5, 5.41) is 4.41. The fraction of sp³-hybridized carbons (Fsp3) is 0.105. The zero-order valence-corrected chi connectivity index (χ0v) is 13.8. The number of ether oxygens (including phenoxy) is 1. The molecule has 3 rings (SSSR count). The van der Waals surface area contributed by atoms with Crippen LogP contribution in [-0.4, -0.2) is 27.2 Å². The fourth-order valence-corrected chi connectivity index (χ4v) is 2.43. The Morgan fingerprint density at radius 1 is 1.15 bits per heavy atom. The Morgan fingerprint density at radius 2 is 1.85 bits per heavy atom. The molecule has 26 heavy (non-hydrogen) atoms. The summed E-state index contributed by atoms with van der Waals surface area (Å²) in [6, 6.07) is 9.22. The molecule has 0 aliphatic heterocycles. The van der Waals surface area contributed by atoms with Crippen molar-refractivity contribution in [3.05, 3.63) is 72.2 Å². The number of ketones is 1. The quantitative estimate of drug-likeness (QED) is 0.496. The lowest BCUT2D eigenvalue weighted by Crippen LogP contribution is -2.02. The number of rotatable bonds is 6. The van der Waals surface area contributed by atoms with Crippen LogP contribution in [0.25, 0.3) is 17.3 Å². The molecular weight excluding hydrogens is 340 g/mol. The van der Waals surface area contributed by atoms with Gasteiger partial charge in [0.05, 0.1) is 5.69 Å². The number of hydrogen-bond donors (Lipinski definition) is 0. The highest BCUT2D eigenvalue weighted by molar-refractivity contribution is 6.07. The summed E-state index contributed by atoms with van der Waals surface area (Å²) in [5.74, 6) is -0.245. The molecule has 0 saturated carbocycles. The van der Waals surface area contributed by atoms with Crippen molar-refractivity contribution < 1.29 is 18.3 Å². The molecule has 0 atom stereocenters. The summed E-state index contributed by atoms with van der Waals surface area (Å²) in [6.07, 6.45) is 8.25. The minimum absolute atomic E-state index is 0.00719. The maximum Gasteiger partial charge on any atom is 0.387 e. The lowest BCUT2D eigenvalue weighted by molar-refractivity contribution is -0.0498. The molecule has 5 nitrogen and oxygen atoms in total. The molecule has 0 amide bonds. The van der Waals surface area contributed by atoms with E-state index in [-0.39, 0.29) is 11.5 Å². The second-order valence-electron chi connectivity index (χ2n) is 5.44. The Balaban J connectivity index is 1.79. The maximum absolute atomic E-state index is 12.3. The summed E-state index contributed by atoms with van der Waals surface area (Å²) in [7, 11) is 1.80. The van der Waals surface area contributed by atoms with Gasteiger partial charge in [-0.1, -0.05) is 0 Å². The highest BCUT2D eigenvalue weighted by Crippen LogP contribution is 2.22. The maximum atomic E-state index is 12.3. The van der Waals surface area contributed by atoms with Gasteiger partial charge in [-0.25, -0.2) is 0 Å². The molecule has 0 N–H and O–H groups in total. The van der Waals surface area contributed by atoms with E-state index in [1.54, 1.807) is 36.4 Å². The van der Waals surface area contributed by atoms with E-state index in [0.29, 0.717) is 5.56 Å². The second kappa shape index (κ2) is 7.69. The van der Waals surface area contributed by atoms with E-state index in [4.69, 9.17) is 0 Å². The van der Waals surface area contributed by atoms with E-state index in [9.17, 15) is 13.6 Å². The summed E-state index contributed by atoms with van der Waals surface area (Å²) < 4.78 is 30.2. The van der Waals surface area contributed by atoms with Gasteiger partial charge in [0, 0.05) is 42.3 Å². The molecular formula is C19H15F2N3O2. The average molecular weight is 355 g/mol. The Hall–Kier alpha value is -3.35. The third-order valence-corrected chi connectivity index (χ3v) is 3.59. The number of carbonyl (C=O) groups is 1. The summed E-state index contributed by atoms with van der Waals surface area (Å²) in [6.45, 7) is -2.89. The van der Waals surface area contributed by atoms with Crippen molar-refractivity contribution in [1.82, 2.24) is 14.8 Å². The molecule has 132 valence electrons. The molecule has 0 radical (unpaired) electrons. The van der Waals surface area contributed by atoms with Gasteiger partial charge in [-0.05, 0) is 48.6 Å². The van der Waals surface area contributed by atoms with Crippen molar-refractivity contribution in [3.63, 3.8) is 0 Å². The smallest absolute Gasteiger partial charge is 0.387 e. The molecule has 1 aromatic carbocycles. The Labute approximate surface area is 148 Å². The number of nitrogens with zero attached hydrogens (tertiary/aromatic N) is 3. The van der Waals surface area contributed by atoms with Crippen LogP contribution in [0.4, 0.5) is 8.78 Å². The van der Waals surface area contributed by atoms with Crippen molar-refractivity contribution in [2.75, 3.05) is 0 Å². The summed E-state index contributed by atoms with van der Waals surface area (Å²) in [5.41, 5.74) is 2.78. The molecule has 7 heteroatoms. The highest BCUT2D eigenvalue weighted by atomic mass is 19.3. The first-order valence-corrected chi connectivity index (χ1v) is 7.74. The Kier molecular flexibility index (Phi) is 5.17. The first kappa shape index (κ1) is 17.5. The zero-order valence-electron chi connectivity index (χ0n) is 13.8. The number of aromatic nitrogens is 3.